The second-order valence-electron chi connectivity index (χ2n) is 4.44. The first-order chi connectivity index (χ1) is 9.28. The Morgan fingerprint density at radius 1 is 1.63 bits per heavy atom. The van der Waals surface area contributed by atoms with Crippen molar-refractivity contribution in [2.45, 2.75) is 6.04 Å². The number of nitrogens with zero attached hydrogens (tertiary/aromatic N) is 4. The van der Waals surface area contributed by atoms with E-state index < -0.39 is 0 Å². The van der Waals surface area contributed by atoms with Crippen molar-refractivity contribution < 1.29 is 4.52 Å². The molecule has 98 valence electrons. The predicted molar refractivity (Wildman–Crippen MR) is 71.5 cm³/mol. The Morgan fingerprint density at radius 2 is 2.53 bits per heavy atom. The molecule has 2 aromatic heterocycles. The highest BCUT2D eigenvalue weighted by atomic mass is 32.2. The van der Waals surface area contributed by atoms with Crippen LogP contribution in [0.2, 0.25) is 0 Å². The van der Waals surface area contributed by atoms with Crippen LogP contribution in [0.1, 0.15) is 17.6 Å². The van der Waals surface area contributed by atoms with Gasteiger partial charge in [0.1, 0.15) is 11.8 Å². The molecule has 3 rings (SSSR count). The molecule has 6 nitrogen and oxygen atoms in total. The summed E-state index contributed by atoms with van der Waals surface area (Å²) in [7, 11) is 2.07. The van der Waals surface area contributed by atoms with Gasteiger partial charge in [-0.05, 0) is 13.1 Å². The SMILES string of the molecule is CN1CCSCC1c1noc(-c2c[nH]c(C#N)c2)n1. The molecule has 3 heterocycles. The van der Waals surface area contributed by atoms with Gasteiger partial charge in [-0.1, -0.05) is 5.16 Å². The lowest BCUT2D eigenvalue weighted by Gasteiger charge is -2.29. The molecular formula is C12H13N5OS. The lowest BCUT2D eigenvalue weighted by atomic mass is 10.2. The Hall–Kier alpha value is -1.78. The van der Waals surface area contributed by atoms with E-state index in [1.54, 1.807) is 12.3 Å². The largest absolute Gasteiger partial charge is 0.352 e. The normalized spacial score (nSPS) is 20.3. The maximum atomic E-state index is 8.78. The zero-order valence-electron chi connectivity index (χ0n) is 10.5. The molecule has 1 atom stereocenters. The molecule has 0 aliphatic carbocycles. The number of hydrogen-bond acceptors (Lipinski definition) is 6. The zero-order chi connectivity index (χ0) is 13.2. The van der Waals surface area contributed by atoms with Crippen LogP contribution in [-0.4, -0.2) is 45.1 Å². The summed E-state index contributed by atoms with van der Waals surface area (Å²) >= 11 is 1.90. The number of aromatic amines is 1. The van der Waals surface area contributed by atoms with E-state index in [-0.39, 0.29) is 6.04 Å². The van der Waals surface area contributed by atoms with Crippen LogP contribution in [0, 0.1) is 11.3 Å². The standard InChI is InChI=1S/C12H13N5OS/c1-17-2-3-19-7-10(17)11-15-12(18-16-11)8-4-9(5-13)14-6-8/h4,6,10,14H,2-3,7H2,1H3. The van der Waals surface area contributed by atoms with Crippen molar-refractivity contribution in [1.29, 1.82) is 5.26 Å². The first-order valence-corrected chi connectivity index (χ1v) is 7.14. The van der Waals surface area contributed by atoms with Crippen LogP contribution in [0.25, 0.3) is 11.5 Å². The molecule has 1 aliphatic heterocycles. The van der Waals surface area contributed by atoms with Crippen LogP contribution in [0.5, 0.6) is 0 Å². The van der Waals surface area contributed by atoms with Crippen molar-refractivity contribution in [3.05, 3.63) is 23.8 Å². The van der Waals surface area contributed by atoms with E-state index in [4.69, 9.17) is 9.78 Å². The molecule has 19 heavy (non-hydrogen) atoms. The van der Waals surface area contributed by atoms with Gasteiger partial charge in [0.05, 0.1) is 11.6 Å². The van der Waals surface area contributed by atoms with Crippen molar-refractivity contribution >= 4 is 11.8 Å². The van der Waals surface area contributed by atoms with Gasteiger partial charge in [-0.15, -0.1) is 0 Å². The number of rotatable bonds is 2. The summed E-state index contributed by atoms with van der Waals surface area (Å²) in [5.41, 5.74) is 1.24. The second kappa shape index (κ2) is 5.07. The number of nitrogens with one attached hydrogen (secondary N) is 1. The van der Waals surface area contributed by atoms with Gasteiger partial charge in [0.25, 0.3) is 5.89 Å². The summed E-state index contributed by atoms with van der Waals surface area (Å²) in [6.45, 7) is 1.03. The Labute approximate surface area is 114 Å². The molecule has 1 aliphatic rings. The minimum absolute atomic E-state index is 0.200. The number of hydrogen-bond donors (Lipinski definition) is 1. The van der Waals surface area contributed by atoms with E-state index in [0.717, 1.165) is 23.6 Å². The molecule has 0 aromatic carbocycles. The van der Waals surface area contributed by atoms with Gasteiger partial charge in [0, 0.05) is 24.2 Å². The van der Waals surface area contributed by atoms with Crippen molar-refractivity contribution in [3.8, 4) is 17.5 Å². The quantitative estimate of drug-likeness (QED) is 0.897. The van der Waals surface area contributed by atoms with E-state index in [0.29, 0.717) is 17.4 Å². The Bertz CT molecular complexity index is 614. The number of aromatic nitrogens is 3. The van der Waals surface area contributed by atoms with Crippen LogP contribution < -0.4 is 0 Å². The van der Waals surface area contributed by atoms with Crippen molar-refractivity contribution in [2.24, 2.45) is 0 Å². The van der Waals surface area contributed by atoms with Crippen molar-refractivity contribution in [1.82, 2.24) is 20.0 Å². The smallest absolute Gasteiger partial charge is 0.259 e. The van der Waals surface area contributed by atoms with Gasteiger partial charge in [0.2, 0.25) is 0 Å². The van der Waals surface area contributed by atoms with Crippen LogP contribution in [0.3, 0.4) is 0 Å². The molecule has 1 fully saturated rings. The lowest BCUT2D eigenvalue weighted by molar-refractivity contribution is 0.257. The molecule has 1 saturated heterocycles. The Morgan fingerprint density at radius 3 is 3.26 bits per heavy atom. The van der Waals surface area contributed by atoms with E-state index in [2.05, 4.69) is 27.1 Å². The van der Waals surface area contributed by atoms with Gasteiger partial charge >= 0.3 is 0 Å². The third kappa shape index (κ3) is 2.37. The molecule has 1 unspecified atom stereocenters. The molecule has 1 N–H and O–H groups in total. The summed E-state index contributed by atoms with van der Waals surface area (Å²) in [6.07, 6.45) is 1.70. The number of nitriles is 1. The van der Waals surface area contributed by atoms with Gasteiger partial charge in [-0.25, -0.2) is 0 Å². The van der Waals surface area contributed by atoms with E-state index in [1.165, 1.54) is 0 Å². The highest BCUT2D eigenvalue weighted by molar-refractivity contribution is 7.99. The summed E-state index contributed by atoms with van der Waals surface area (Å²) in [5, 5.41) is 12.8. The minimum atomic E-state index is 0.200. The highest BCUT2D eigenvalue weighted by Gasteiger charge is 2.26. The summed E-state index contributed by atoms with van der Waals surface area (Å²) in [6, 6.07) is 3.94. The lowest BCUT2D eigenvalue weighted by Crippen LogP contribution is -2.33. The third-order valence-corrected chi connectivity index (χ3v) is 4.21. The molecular weight excluding hydrogens is 262 g/mol. The second-order valence-corrected chi connectivity index (χ2v) is 5.59. The molecule has 0 amide bonds. The molecule has 2 aromatic rings. The Balaban J connectivity index is 1.84. The van der Waals surface area contributed by atoms with E-state index in [9.17, 15) is 0 Å². The summed E-state index contributed by atoms with van der Waals surface area (Å²) in [5.74, 6) is 3.29. The van der Waals surface area contributed by atoms with Crippen LogP contribution in [0.4, 0.5) is 0 Å². The van der Waals surface area contributed by atoms with Crippen molar-refractivity contribution in [2.75, 3.05) is 25.1 Å². The molecule has 0 bridgehead atoms. The van der Waals surface area contributed by atoms with Crippen LogP contribution >= 0.6 is 11.8 Å². The van der Waals surface area contributed by atoms with Gasteiger partial charge in [-0.2, -0.15) is 22.0 Å². The van der Waals surface area contributed by atoms with Gasteiger partial charge < -0.3 is 9.51 Å². The fourth-order valence-corrected chi connectivity index (χ4v) is 3.24. The molecule has 0 saturated carbocycles. The summed E-state index contributed by atoms with van der Waals surface area (Å²) < 4.78 is 5.28. The van der Waals surface area contributed by atoms with E-state index in [1.807, 2.05) is 17.8 Å². The predicted octanol–water partition coefficient (Wildman–Crippen LogP) is 1.66. The van der Waals surface area contributed by atoms with Gasteiger partial charge in [-0.3, -0.25) is 4.90 Å². The molecule has 0 spiro atoms. The van der Waals surface area contributed by atoms with Crippen LogP contribution in [-0.2, 0) is 0 Å². The third-order valence-electron chi connectivity index (χ3n) is 3.19. The van der Waals surface area contributed by atoms with Crippen molar-refractivity contribution in [3.63, 3.8) is 0 Å². The minimum Gasteiger partial charge on any atom is -0.352 e. The van der Waals surface area contributed by atoms with Crippen LogP contribution in [0.15, 0.2) is 16.8 Å². The Kier molecular flexibility index (Phi) is 3.27. The zero-order valence-corrected chi connectivity index (χ0v) is 11.3. The number of H-pyrrole nitrogens is 1. The van der Waals surface area contributed by atoms with E-state index >= 15 is 0 Å². The summed E-state index contributed by atoms with van der Waals surface area (Å²) in [4.78, 5) is 9.53. The maximum Gasteiger partial charge on any atom is 0.259 e. The fourth-order valence-electron chi connectivity index (χ4n) is 2.03. The fraction of sp³-hybridized carbons (Fsp3) is 0.417. The average Bonchev–Trinajstić information content (AvgIpc) is 3.08. The maximum absolute atomic E-state index is 8.78. The first kappa shape index (κ1) is 12.3. The topological polar surface area (TPSA) is 81.7 Å². The highest BCUT2D eigenvalue weighted by Crippen LogP contribution is 2.28. The number of thioether (sulfide) groups is 1. The first-order valence-electron chi connectivity index (χ1n) is 5.98. The monoisotopic (exact) mass is 275 g/mol. The molecule has 7 heteroatoms. The molecule has 0 radical (unpaired) electrons. The van der Waals surface area contributed by atoms with Gasteiger partial charge in [0.15, 0.2) is 5.82 Å². The average molecular weight is 275 g/mol.